The van der Waals surface area contributed by atoms with Crippen molar-refractivity contribution in [3.63, 3.8) is 0 Å². The van der Waals surface area contributed by atoms with Gasteiger partial charge in [0.05, 0.1) is 5.56 Å². The van der Waals surface area contributed by atoms with Crippen molar-refractivity contribution in [1.82, 2.24) is 15.2 Å². The van der Waals surface area contributed by atoms with Gasteiger partial charge in [0.2, 0.25) is 0 Å². The van der Waals surface area contributed by atoms with Crippen LogP contribution < -0.4 is 10.2 Å². The van der Waals surface area contributed by atoms with Gasteiger partial charge in [0, 0.05) is 38.4 Å². The maximum absolute atomic E-state index is 12.3. The zero-order valence-electron chi connectivity index (χ0n) is 13.8. The summed E-state index contributed by atoms with van der Waals surface area (Å²) in [5.41, 5.74) is 0.561. The van der Waals surface area contributed by atoms with Crippen LogP contribution in [0.3, 0.4) is 0 Å². The predicted octanol–water partition coefficient (Wildman–Crippen LogP) is 2.31. The molecular weight excluding hydrogens is 302 g/mol. The summed E-state index contributed by atoms with van der Waals surface area (Å²) in [4.78, 5) is 20.4. The van der Waals surface area contributed by atoms with Gasteiger partial charge in [-0.1, -0.05) is 12.2 Å². The Morgan fingerprint density at radius 2 is 2.04 bits per heavy atom. The molecule has 2 heterocycles. The number of nitriles is 1. The molecule has 0 saturated carbocycles. The summed E-state index contributed by atoms with van der Waals surface area (Å²) >= 11 is 0. The molecule has 2 amide bonds. The minimum Gasteiger partial charge on any atom is -0.356 e. The zero-order chi connectivity index (χ0) is 17.4. The van der Waals surface area contributed by atoms with Gasteiger partial charge < -0.3 is 15.1 Å². The number of pyridine rings is 1. The van der Waals surface area contributed by atoms with Crippen LogP contribution in [-0.4, -0.2) is 48.1 Å². The minimum absolute atomic E-state index is 0.0789. The summed E-state index contributed by atoms with van der Waals surface area (Å²) in [6.45, 7) is 10.0. The van der Waals surface area contributed by atoms with Gasteiger partial charge in [0.1, 0.15) is 11.9 Å². The summed E-state index contributed by atoms with van der Waals surface area (Å²) in [7, 11) is 0. The van der Waals surface area contributed by atoms with Gasteiger partial charge in [-0.3, -0.25) is 0 Å². The number of nitrogens with one attached hydrogen (secondary N) is 1. The average Bonchev–Trinajstić information content (AvgIpc) is 2.62. The lowest BCUT2D eigenvalue weighted by atomic mass is 10.1. The first-order chi connectivity index (χ1) is 11.7. The maximum atomic E-state index is 12.3. The van der Waals surface area contributed by atoms with Gasteiger partial charge in [-0.2, -0.15) is 5.26 Å². The van der Waals surface area contributed by atoms with Crippen molar-refractivity contribution in [2.75, 3.05) is 31.1 Å². The molecule has 1 aliphatic heterocycles. The van der Waals surface area contributed by atoms with Gasteiger partial charge in [0.15, 0.2) is 0 Å². The number of amides is 2. The molecule has 1 aromatic rings. The summed E-state index contributed by atoms with van der Waals surface area (Å²) < 4.78 is 0. The standard InChI is InChI=1S/C18H23N5O/c1-3-9-23(10-4-2)18(24)21-16-7-11-22(12-8-16)17-6-5-15(13-19)14-20-17/h3-6,14,16H,1-2,7-12H2,(H,21,24). The van der Waals surface area contributed by atoms with E-state index in [4.69, 9.17) is 5.26 Å². The number of aromatic nitrogens is 1. The Kier molecular flexibility index (Phi) is 6.38. The van der Waals surface area contributed by atoms with E-state index >= 15 is 0 Å². The Balaban J connectivity index is 1.85. The van der Waals surface area contributed by atoms with Crippen LogP contribution in [0.15, 0.2) is 43.6 Å². The quantitative estimate of drug-likeness (QED) is 0.815. The lowest BCUT2D eigenvalue weighted by Crippen LogP contribution is -2.49. The molecule has 2 rings (SSSR count). The lowest BCUT2D eigenvalue weighted by molar-refractivity contribution is 0.201. The number of nitrogens with zero attached hydrogens (tertiary/aromatic N) is 4. The molecule has 1 aliphatic rings. The van der Waals surface area contributed by atoms with Gasteiger partial charge in [-0.25, -0.2) is 9.78 Å². The second-order valence-electron chi connectivity index (χ2n) is 5.71. The first-order valence-electron chi connectivity index (χ1n) is 8.06. The van der Waals surface area contributed by atoms with Crippen molar-refractivity contribution in [2.45, 2.75) is 18.9 Å². The molecule has 0 radical (unpaired) electrons. The Bertz CT molecular complexity index is 601. The van der Waals surface area contributed by atoms with E-state index < -0.39 is 0 Å². The van der Waals surface area contributed by atoms with Crippen molar-refractivity contribution < 1.29 is 4.79 Å². The number of anilines is 1. The summed E-state index contributed by atoms with van der Waals surface area (Å²) in [6, 6.07) is 5.79. The average molecular weight is 325 g/mol. The maximum Gasteiger partial charge on any atom is 0.318 e. The van der Waals surface area contributed by atoms with E-state index in [0.717, 1.165) is 31.7 Å². The molecule has 1 saturated heterocycles. The second-order valence-corrected chi connectivity index (χ2v) is 5.71. The normalized spacial score (nSPS) is 14.5. The molecule has 6 nitrogen and oxygen atoms in total. The van der Waals surface area contributed by atoms with E-state index in [1.165, 1.54) is 0 Å². The third-order valence-electron chi connectivity index (χ3n) is 4.01. The van der Waals surface area contributed by atoms with Crippen molar-refractivity contribution in [3.8, 4) is 6.07 Å². The number of hydrogen-bond donors (Lipinski definition) is 1. The van der Waals surface area contributed by atoms with Crippen LogP contribution in [0.5, 0.6) is 0 Å². The van der Waals surface area contributed by atoms with Crippen molar-refractivity contribution in [3.05, 3.63) is 49.2 Å². The smallest absolute Gasteiger partial charge is 0.318 e. The topological polar surface area (TPSA) is 72.3 Å². The van der Waals surface area contributed by atoms with Gasteiger partial charge >= 0.3 is 6.03 Å². The number of carbonyl (C=O) groups is 1. The fourth-order valence-electron chi connectivity index (χ4n) is 2.71. The van der Waals surface area contributed by atoms with Gasteiger partial charge in [-0.15, -0.1) is 13.2 Å². The van der Waals surface area contributed by atoms with Crippen LogP contribution in [0.4, 0.5) is 10.6 Å². The Hall–Kier alpha value is -2.81. The predicted molar refractivity (Wildman–Crippen MR) is 94.7 cm³/mol. The number of urea groups is 1. The van der Waals surface area contributed by atoms with Crippen molar-refractivity contribution in [2.24, 2.45) is 0 Å². The third kappa shape index (κ3) is 4.59. The van der Waals surface area contributed by atoms with Crippen LogP contribution in [-0.2, 0) is 0 Å². The monoisotopic (exact) mass is 325 g/mol. The highest BCUT2D eigenvalue weighted by molar-refractivity contribution is 5.75. The summed E-state index contributed by atoms with van der Waals surface area (Å²) in [5.74, 6) is 0.874. The first kappa shape index (κ1) is 17.5. The molecule has 6 heteroatoms. The third-order valence-corrected chi connectivity index (χ3v) is 4.01. The Morgan fingerprint density at radius 3 is 2.54 bits per heavy atom. The fourth-order valence-corrected chi connectivity index (χ4v) is 2.71. The largest absolute Gasteiger partial charge is 0.356 e. The zero-order valence-corrected chi connectivity index (χ0v) is 13.8. The van der Waals surface area contributed by atoms with Crippen LogP contribution >= 0.6 is 0 Å². The summed E-state index contributed by atoms with van der Waals surface area (Å²) in [6.07, 6.45) is 6.74. The number of rotatable bonds is 6. The van der Waals surface area contributed by atoms with E-state index in [2.05, 4.69) is 34.4 Å². The number of piperidine rings is 1. The highest BCUT2D eigenvalue weighted by Gasteiger charge is 2.23. The van der Waals surface area contributed by atoms with Crippen molar-refractivity contribution in [1.29, 1.82) is 5.26 Å². The van der Waals surface area contributed by atoms with E-state index in [1.54, 1.807) is 29.3 Å². The molecular formula is C18H23N5O. The Labute approximate surface area is 143 Å². The fraction of sp³-hybridized carbons (Fsp3) is 0.389. The van der Waals surface area contributed by atoms with Crippen LogP contribution in [0.25, 0.3) is 0 Å². The molecule has 1 N–H and O–H groups in total. The van der Waals surface area contributed by atoms with Crippen LogP contribution in [0.1, 0.15) is 18.4 Å². The molecule has 1 aromatic heterocycles. The number of hydrogen-bond acceptors (Lipinski definition) is 4. The molecule has 1 fully saturated rings. The van der Waals surface area contributed by atoms with Gasteiger partial charge in [0.25, 0.3) is 0 Å². The van der Waals surface area contributed by atoms with E-state index in [0.29, 0.717) is 18.7 Å². The molecule has 24 heavy (non-hydrogen) atoms. The molecule has 126 valence electrons. The molecule has 0 aromatic carbocycles. The lowest BCUT2D eigenvalue weighted by Gasteiger charge is -2.34. The Morgan fingerprint density at radius 1 is 1.38 bits per heavy atom. The SMILES string of the molecule is C=CCN(CC=C)C(=O)NC1CCN(c2ccc(C#N)cn2)CC1. The molecule has 0 unspecified atom stereocenters. The van der Waals surface area contributed by atoms with E-state index in [1.807, 2.05) is 6.07 Å². The minimum atomic E-state index is -0.0789. The summed E-state index contributed by atoms with van der Waals surface area (Å²) in [5, 5.41) is 11.9. The first-order valence-corrected chi connectivity index (χ1v) is 8.06. The van der Waals surface area contributed by atoms with Crippen molar-refractivity contribution >= 4 is 11.8 Å². The van der Waals surface area contributed by atoms with E-state index in [9.17, 15) is 4.79 Å². The highest BCUT2D eigenvalue weighted by Crippen LogP contribution is 2.18. The van der Waals surface area contributed by atoms with Gasteiger partial charge in [-0.05, 0) is 25.0 Å². The molecule has 0 spiro atoms. The van der Waals surface area contributed by atoms with Crippen LogP contribution in [0, 0.1) is 11.3 Å². The molecule has 0 atom stereocenters. The van der Waals surface area contributed by atoms with E-state index in [-0.39, 0.29) is 12.1 Å². The number of carbonyl (C=O) groups excluding carboxylic acids is 1. The second kappa shape index (κ2) is 8.73. The highest BCUT2D eigenvalue weighted by atomic mass is 16.2. The molecule has 0 bridgehead atoms. The molecule has 0 aliphatic carbocycles. The van der Waals surface area contributed by atoms with Crippen LogP contribution in [0.2, 0.25) is 0 Å².